The number of benzene rings is 3. The van der Waals surface area contributed by atoms with Gasteiger partial charge in [0, 0.05) is 21.2 Å². The van der Waals surface area contributed by atoms with Crippen LogP contribution in [0.4, 0.5) is 21.9 Å². The molecule has 0 fully saturated rings. The largest absolute Gasteiger partial charge is 0.507 e. The molecule has 3 aromatic rings. The molecular weight excluding hydrogens is 534 g/mol. The van der Waals surface area contributed by atoms with Crippen LogP contribution in [0.3, 0.4) is 0 Å². The van der Waals surface area contributed by atoms with Crippen molar-refractivity contribution in [1.82, 2.24) is 0 Å². The maximum absolute atomic E-state index is 13.5. The number of hydrogen-bond acceptors (Lipinski definition) is 6. The minimum Gasteiger partial charge on any atom is -0.507 e. The second-order valence-corrected chi connectivity index (χ2v) is 11.6. The van der Waals surface area contributed by atoms with Crippen LogP contribution < -0.4 is 15.5 Å². The second kappa shape index (κ2) is 11.3. The Morgan fingerprint density at radius 1 is 0.949 bits per heavy atom. The van der Waals surface area contributed by atoms with Crippen LogP contribution >= 0.6 is 23.5 Å². The second-order valence-electron chi connectivity index (χ2n) is 8.92. The molecule has 0 bridgehead atoms. The number of phenols is 1. The van der Waals surface area contributed by atoms with Crippen molar-refractivity contribution in [3.63, 3.8) is 0 Å². The highest BCUT2D eigenvalue weighted by molar-refractivity contribution is 8.00. The number of para-hydroxylation sites is 1. The molecule has 10 heteroatoms. The lowest BCUT2D eigenvalue weighted by molar-refractivity contribution is -0.115. The van der Waals surface area contributed by atoms with Crippen molar-refractivity contribution < 1.29 is 24.6 Å². The predicted octanol–water partition coefficient (Wildman–Crippen LogP) is 6.22. The highest BCUT2D eigenvalue weighted by Gasteiger charge is 2.36. The molecule has 3 aromatic carbocycles. The SMILES string of the molecule is CC(Sc1cccc(NC(=O)N2c3ccccc3SC3C=CC=CC32)c1)C(=O)Nc1ccc(O)c(C(=O)O)c1. The summed E-state index contributed by atoms with van der Waals surface area (Å²) in [6.45, 7) is 1.73. The minimum absolute atomic E-state index is 0.113. The van der Waals surface area contributed by atoms with E-state index < -0.39 is 11.2 Å². The van der Waals surface area contributed by atoms with Crippen LogP contribution in [0.2, 0.25) is 0 Å². The summed E-state index contributed by atoms with van der Waals surface area (Å²) < 4.78 is 0. The lowest BCUT2D eigenvalue weighted by atomic mass is 10.1. The molecule has 0 saturated carbocycles. The lowest BCUT2D eigenvalue weighted by Crippen LogP contribution is -2.49. The average Bonchev–Trinajstić information content (AvgIpc) is 2.92. The number of aromatic carboxylic acids is 1. The number of carbonyl (C=O) groups is 3. The van der Waals surface area contributed by atoms with Crippen LogP contribution in [-0.2, 0) is 4.79 Å². The van der Waals surface area contributed by atoms with E-state index in [1.807, 2.05) is 60.7 Å². The van der Waals surface area contributed by atoms with Gasteiger partial charge in [-0.2, -0.15) is 0 Å². The first-order valence-corrected chi connectivity index (χ1v) is 13.9. The van der Waals surface area contributed by atoms with E-state index in [1.165, 1.54) is 30.0 Å². The Hall–Kier alpha value is -4.15. The van der Waals surface area contributed by atoms with Crippen molar-refractivity contribution in [3.8, 4) is 5.75 Å². The number of carboxylic acid groups (broad SMARTS) is 1. The van der Waals surface area contributed by atoms with Crippen molar-refractivity contribution in [2.45, 2.75) is 33.3 Å². The van der Waals surface area contributed by atoms with Crippen LogP contribution in [-0.4, -0.2) is 44.7 Å². The summed E-state index contributed by atoms with van der Waals surface area (Å²) in [7, 11) is 0. The van der Waals surface area contributed by atoms with Crippen LogP contribution in [0.5, 0.6) is 5.75 Å². The zero-order valence-electron chi connectivity index (χ0n) is 20.8. The smallest absolute Gasteiger partial charge is 0.339 e. The van der Waals surface area contributed by atoms with Crippen LogP contribution in [0.25, 0.3) is 0 Å². The van der Waals surface area contributed by atoms with Gasteiger partial charge >= 0.3 is 12.0 Å². The molecule has 2 aliphatic rings. The first-order valence-electron chi connectivity index (χ1n) is 12.1. The normalized spacial score (nSPS) is 18.0. The third-order valence-corrected chi connectivity index (χ3v) is 8.62. The molecule has 0 aromatic heterocycles. The van der Waals surface area contributed by atoms with E-state index in [4.69, 9.17) is 0 Å². The molecule has 1 aliphatic carbocycles. The highest BCUT2D eigenvalue weighted by Crippen LogP contribution is 2.43. The number of rotatable bonds is 6. The van der Waals surface area contributed by atoms with Gasteiger partial charge in [0.15, 0.2) is 0 Å². The Kier molecular flexibility index (Phi) is 7.67. The fourth-order valence-corrected chi connectivity index (χ4v) is 6.53. The van der Waals surface area contributed by atoms with E-state index in [0.29, 0.717) is 5.69 Å². The summed E-state index contributed by atoms with van der Waals surface area (Å²) in [5.41, 5.74) is 1.44. The summed E-state index contributed by atoms with van der Waals surface area (Å²) in [6, 6.07) is 18.7. The Morgan fingerprint density at radius 2 is 1.72 bits per heavy atom. The van der Waals surface area contributed by atoms with E-state index in [-0.39, 0.29) is 40.2 Å². The van der Waals surface area contributed by atoms with Gasteiger partial charge in [-0.3, -0.25) is 9.69 Å². The lowest BCUT2D eigenvalue weighted by Gasteiger charge is -2.40. The zero-order chi connectivity index (χ0) is 27.5. The van der Waals surface area contributed by atoms with E-state index in [2.05, 4.69) is 16.7 Å². The standard InChI is InChI=1S/C29H25N3O5S2/c1-17(27(34)30-19-13-14-24(33)21(16-19)28(35)36)38-20-8-6-7-18(15-20)31-29(37)32-22-9-2-4-11-25(22)39-26-12-5-3-10-23(26)32/h2-17,22,25,33H,1H3,(H,30,34)(H,31,37)(H,35,36). The number of anilines is 3. The van der Waals surface area contributed by atoms with Gasteiger partial charge in [0.2, 0.25) is 5.91 Å². The van der Waals surface area contributed by atoms with Gasteiger partial charge in [0.1, 0.15) is 11.3 Å². The number of urea groups is 1. The molecule has 3 amide bonds. The van der Waals surface area contributed by atoms with Gasteiger partial charge in [0.05, 0.1) is 22.2 Å². The molecule has 1 heterocycles. The van der Waals surface area contributed by atoms with Gasteiger partial charge in [-0.25, -0.2) is 9.59 Å². The fourth-order valence-electron chi connectivity index (χ4n) is 4.34. The third-order valence-electron chi connectivity index (χ3n) is 6.22. The number of carbonyl (C=O) groups excluding carboxylic acids is 2. The first kappa shape index (κ1) is 26.5. The van der Waals surface area contributed by atoms with Crippen LogP contribution in [0, 0.1) is 0 Å². The summed E-state index contributed by atoms with van der Waals surface area (Å²) in [5, 5.41) is 24.2. The van der Waals surface area contributed by atoms with Crippen LogP contribution in [0.15, 0.2) is 101 Å². The van der Waals surface area contributed by atoms with Crippen LogP contribution in [0.1, 0.15) is 17.3 Å². The number of nitrogens with one attached hydrogen (secondary N) is 2. The van der Waals surface area contributed by atoms with Crippen molar-refractivity contribution >= 4 is 58.5 Å². The Bertz CT molecular complexity index is 1510. The van der Waals surface area contributed by atoms with Gasteiger partial charge < -0.3 is 20.8 Å². The van der Waals surface area contributed by atoms with E-state index in [0.717, 1.165) is 15.5 Å². The van der Waals surface area contributed by atoms with E-state index in [1.54, 1.807) is 29.7 Å². The quantitative estimate of drug-likeness (QED) is 0.209. The maximum Gasteiger partial charge on any atom is 0.339 e. The number of fused-ring (bicyclic) bond motifs is 2. The number of thioether (sulfide) groups is 2. The third kappa shape index (κ3) is 5.81. The van der Waals surface area contributed by atoms with Gasteiger partial charge in [-0.1, -0.05) is 42.5 Å². The minimum atomic E-state index is -1.29. The molecule has 3 atom stereocenters. The van der Waals surface area contributed by atoms with E-state index >= 15 is 0 Å². The fraction of sp³-hybridized carbons (Fsp3) is 0.138. The van der Waals surface area contributed by atoms with Gasteiger partial charge in [0.25, 0.3) is 0 Å². The van der Waals surface area contributed by atoms with E-state index in [9.17, 15) is 24.6 Å². The molecule has 198 valence electrons. The Balaban J connectivity index is 1.27. The number of hydrogen-bond donors (Lipinski definition) is 4. The van der Waals surface area contributed by atoms with Crippen molar-refractivity contribution in [2.75, 3.05) is 15.5 Å². The molecule has 8 nitrogen and oxygen atoms in total. The molecule has 0 radical (unpaired) electrons. The van der Waals surface area contributed by atoms with Crippen molar-refractivity contribution in [2.24, 2.45) is 0 Å². The molecule has 39 heavy (non-hydrogen) atoms. The highest BCUT2D eigenvalue weighted by atomic mass is 32.2. The summed E-state index contributed by atoms with van der Waals surface area (Å²) in [4.78, 5) is 41.2. The zero-order valence-corrected chi connectivity index (χ0v) is 22.4. The number of carboxylic acids is 1. The average molecular weight is 560 g/mol. The first-order chi connectivity index (χ1) is 18.8. The number of amides is 3. The Labute approximate surface area is 233 Å². The molecule has 0 saturated heterocycles. The number of allylic oxidation sites excluding steroid dienone is 2. The monoisotopic (exact) mass is 559 g/mol. The molecule has 4 N–H and O–H groups in total. The predicted molar refractivity (Wildman–Crippen MR) is 155 cm³/mol. The van der Waals surface area contributed by atoms with Gasteiger partial charge in [-0.15, -0.1) is 23.5 Å². The molecule has 1 aliphatic heterocycles. The summed E-state index contributed by atoms with van der Waals surface area (Å²) in [5.74, 6) is -2.00. The van der Waals surface area contributed by atoms with Crippen molar-refractivity contribution in [1.29, 1.82) is 0 Å². The van der Waals surface area contributed by atoms with Gasteiger partial charge in [-0.05, 0) is 55.5 Å². The molecule has 0 spiro atoms. The summed E-state index contributed by atoms with van der Waals surface area (Å²) >= 11 is 3.04. The molecule has 3 unspecified atom stereocenters. The maximum atomic E-state index is 13.5. The Morgan fingerprint density at radius 3 is 2.54 bits per heavy atom. The van der Waals surface area contributed by atoms with Crippen molar-refractivity contribution in [3.05, 3.63) is 96.6 Å². The molecular formula is C29H25N3O5S2. The number of aromatic hydroxyl groups is 1. The topological polar surface area (TPSA) is 119 Å². The molecule has 5 rings (SSSR count). The summed E-state index contributed by atoms with van der Waals surface area (Å²) in [6.07, 6.45) is 8.10. The number of nitrogens with zero attached hydrogens (tertiary/aromatic N) is 1.